The Morgan fingerprint density at radius 2 is 2.14 bits per heavy atom. The quantitative estimate of drug-likeness (QED) is 0.701. The van der Waals surface area contributed by atoms with Gasteiger partial charge >= 0.3 is 5.97 Å². The summed E-state index contributed by atoms with van der Waals surface area (Å²) in [7, 11) is 0. The number of nitrogens with zero attached hydrogens (tertiary/aromatic N) is 2. The molecule has 0 saturated carbocycles. The van der Waals surface area contributed by atoms with E-state index >= 15 is 0 Å². The van der Waals surface area contributed by atoms with Crippen LogP contribution in [0, 0.1) is 4.77 Å². The standard InChI is InChI=1S/C15H13N3O2S2/c19-14(20)11-5-2-1-4-10(11)7-8-18-13(16-17-15(18)21)12-6-3-9-22-12/h1-6,9H,7-8H2,(H,17,21)(H,19,20). The fraction of sp³-hybridized carbons (Fsp3) is 0.133. The molecule has 2 N–H and O–H groups in total. The monoisotopic (exact) mass is 331 g/mol. The van der Waals surface area contributed by atoms with Gasteiger partial charge in [0.1, 0.15) is 0 Å². The third-order valence-corrected chi connectivity index (χ3v) is 4.53. The predicted molar refractivity (Wildman–Crippen MR) is 87.8 cm³/mol. The second-order valence-electron chi connectivity index (χ2n) is 4.69. The number of hydrogen-bond acceptors (Lipinski definition) is 4. The number of rotatable bonds is 5. The van der Waals surface area contributed by atoms with Gasteiger partial charge in [0.2, 0.25) is 0 Å². The summed E-state index contributed by atoms with van der Waals surface area (Å²) in [5, 5.41) is 18.3. The third-order valence-electron chi connectivity index (χ3n) is 3.35. The van der Waals surface area contributed by atoms with E-state index in [4.69, 9.17) is 12.2 Å². The van der Waals surface area contributed by atoms with Crippen LogP contribution in [0.5, 0.6) is 0 Å². The summed E-state index contributed by atoms with van der Waals surface area (Å²) in [6, 6.07) is 11.0. The third kappa shape index (κ3) is 2.86. The maximum atomic E-state index is 11.3. The van der Waals surface area contributed by atoms with Gasteiger partial charge in [-0.2, -0.15) is 5.10 Å². The molecule has 112 valence electrons. The Morgan fingerprint density at radius 1 is 1.32 bits per heavy atom. The molecule has 3 rings (SSSR count). The lowest BCUT2D eigenvalue weighted by molar-refractivity contribution is 0.0695. The van der Waals surface area contributed by atoms with Crippen molar-refractivity contribution in [2.24, 2.45) is 0 Å². The number of aromatic amines is 1. The molecule has 0 aliphatic carbocycles. The number of aryl methyl sites for hydroxylation is 1. The van der Waals surface area contributed by atoms with Gasteiger partial charge in [0.25, 0.3) is 0 Å². The summed E-state index contributed by atoms with van der Waals surface area (Å²) in [4.78, 5) is 12.3. The normalized spacial score (nSPS) is 10.7. The number of aromatic carboxylic acids is 1. The number of thiophene rings is 1. The van der Waals surface area contributed by atoms with Crippen molar-refractivity contribution in [3.05, 3.63) is 57.7 Å². The first-order valence-corrected chi connectivity index (χ1v) is 7.96. The molecule has 5 nitrogen and oxygen atoms in total. The van der Waals surface area contributed by atoms with E-state index in [9.17, 15) is 9.90 Å². The minimum absolute atomic E-state index is 0.329. The van der Waals surface area contributed by atoms with Crippen LogP contribution in [0.15, 0.2) is 41.8 Å². The molecule has 3 aromatic rings. The van der Waals surface area contributed by atoms with Gasteiger partial charge in [-0.05, 0) is 41.7 Å². The second-order valence-corrected chi connectivity index (χ2v) is 6.03. The maximum absolute atomic E-state index is 11.3. The van der Waals surface area contributed by atoms with E-state index in [-0.39, 0.29) is 0 Å². The van der Waals surface area contributed by atoms with Crippen LogP contribution in [0.4, 0.5) is 0 Å². The van der Waals surface area contributed by atoms with Crippen LogP contribution in [0.1, 0.15) is 15.9 Å². The van der Waals surface area contributed by atoms with Crippen LogP contribution < -0.4 is 0 Å². The second kappa shape index (κ2) is 6.25. The number of carboxylic acids is 1. The Morgan fingerprint density at radius 3 is 2.86 bits per heavy atom. The number of aromatic nitrogens is 3. The topological polar surface area (TPSA) is 70.9 Å². The van der Waals surface area contributed by atoms with Crippen LogP contribution in [-0.4, -0.2) is 25.8 Å². The lowest BCUT2D eigenvalue weighted by Crippen LogP contribution is -2.07. The summed E-state index contributed by atoms with van der Waals surface area (Å²) in [6.07, 6.45) is 0.578. The van der Waals surface area contributed by atoms with Crippen molar-refractivity contribution in [2.45, 2.75) is 13.0 Å². The lowest BCUT2D eigenvalue weighted by Gasteiger charge is -2.08. The Labute approximate surface area is 135 Å². The number of carbonyl (C=O) groups is 1. The van der Waals surface area contributed by atoms with E-state index in [0.29, 0.717) is 23.3 Å². The van der Waals surface area contributed by atoms with Crippen LogP contribution in [-0.2, 0) is 13.0 Å². The highest BCUT2D eigenvalue weighted by Gasteiger charge is 2.12. The van der Waals surface area contributed by atoms with Crippen LogP contribution in [0.3, 0.4) is 0 Å². The van der Waals surface area contributed by atoms with E-state index in [1.807, 2.05) is 34.2 Å². The average Bonchev–Trinajstić information content (AvgIpc) is 3.15. The van der Waals surface area contributed by atoms with Gasteiger partial charge in [-0.3, -0.25) is 9.67 Å². The number of benzene rings is 1. The van der Waals surface area contributed by atoms with Gasteiger partial charge < -0.3 is 5.11 Å². The molecular weight excluding hydrogens is 318 g/mol. The highest BCUT2D eigenvalue weighted by atomic mass is 32.1. The minimum atomic E-state index is -0.912. The van der Waals surface area contributed by atoms with Crippen LogP contribution in [0.25, 0.3) is 10.7 Å². The molecule has 7 heteroatoms. The molecule has 0 aliphatic rings. The molecule has 0 amide bonds. The fourth-order valence-corrected chi connectivity index (χ4v) is 3.24. The summed E-state index contributed by atoms with van der Waals surface area (Å²) in [5.74, 6) is -0.127. The lowest BCUT2D eigenvalue weighted by atomic mass is 10.0. The van der Waals surface area contributed by atoms with Crippen molar-refractivity contribution in [3.8, 4) is 10.7 Å². The first-order chi connectivity index (χ1) is 10.7. The Balaban J connectivity index is 1.88. The van der Waals surface area contributed by atoms with Crippen molar-refractivity contribution in [3.63, 3.8) is 0 Å². The molecule has 0 bridgehead atoms. The maximum Gasteiger partial charge on any atom is 0.335 e. The fourth-order valence-electron chi connectivity index (χ4n) is 2.30. The SMILES string of the molecule is O=C(O)c1ccccc1CCn1c(-c2cccs2)n[nH]c1=S. The highest BCUT2D eigenvalue weighted by Crippen LogP contribution is 2.23. The zero-order valence-corrected chi connectivity index (χ0v) is 13.2. The number of hydrogen-bond donors (Lipinski definition) is 2. The minimum Gasteiger partial charge on any atom is -0.478 e. The molecule has 2 aromatic heterocycles. The Bertz CT molecular complexity index is 850. The summed E-state index contributed by atoms with van der Waals surface area (Å²) in [6.45, 7) is 0.576. The molecule has 22 heavy (non-hydrogen) atoms. The number of H-pyrrole nitrogens is 1. The van der Waals surface area contributed by atoms with Gasteiger partial charge in [-0.1, -0.05) is 24.3 Å². The number of nitrogens with one attached hydrogen (secondary N) is 1. The van der Waals surface area contributed by atoms with Crippen molar-refractivity contribution in [1.29, 1.82) is 0 Å². The van der Waals surface area contributed by atoms with Crippen molar-refractivity contribution >= 4 is 29.5 Å². The number of carboxylic acid groups (broad SMARTS) is 1. The molecular formula is C15H13N3O2S2. The van der Waals surface area contributed by atoms with E-state index in [2.05, 4.69) is 10.2 Å². The van der Waals surface area contributed by atoms with Gasteiger partial charge in [0.15, 0.2) is 10.6 Å². The molecule has 0 unspecified atom stereocenters. The first kappa shape index (κ1) is 14.7. The van der Waals surface area contributed by atoms with Crippen molar-refractivity contribution in [1.82, 2.24) is 14.8 Å². The van der Waals surface area contributed by atoms with Gasteiger partial charge in [-0.15, -0.1) is 11.3 Å². The molecule has 1 aromatic carbocycles. The average molecular weight is 331 g/mol. The van der Waals surface area contributed by atoms with Crippen molar-refractivity contribution < 1.29 is 9.90 Å². The van der Waals surface area contributed by atoms with E-state index in [1.165, 1.54) is 0 Å². The molecule has 0 aliphatic heterocycles. The Hall–Kier alpha value is -2.25. The van der Waals surface area contributed by atoms with E-state index < -0.39 is 5.97 Å². The molecule has 0 spiro atoms. The predicted octanol–water partition coefficient (Wildman–Crippen LogP) is 3.61. The summed E-state index contributed by atoms with van der Waals surface area (Å²) in [5.41, 5.74) is 1.12. The van der Waals surface area contributed by atoms with Gasteiger partial charge in [-0.25, -0.2) is 4.79 Å². The smallest absolute Gasteiger partial charge is 0.335 e. The molecule has 0 atom stereocenters. The molecule has 0 saturated heterocycles. The van der Waals surface area contributed by atoms with Crippen molar-refractivity contribution in [2.75, 3.05) is 0 Å². The molecule has 0 radical (unpaired) electrons. The highest BCUT2D eigenvalue weighted by molar-refractivity contribution is 7.71. The largest absolute Gasteiger partial charge is 0.478 e. The van der Waals surface area contributed by atoms with Crippen LogP contribution in [0.2, 0.25) is 0 Å². The summed E-state index contributed by atoms with van der Waals surface area (Å²) < 4.78 is 2.44. The zero-order valence-electron chi connectivity index (χ0n) is 11.5. The van der Waals surface area contributed by atoms with Gasteiger partial charge in [0.05, 0.1) is 10.4 Å². The zero-order chi connectivity index (χ0) is 15.5. The Kier molecular flexibility index (Phi) is 4.17. The van der Waals surface area contributed by atoms with Gasteiger partial charge in [0, 0.05) is 6.54 Å². The first-order valence-electron chi connectivity index (χ1n) is 6.67. The molecule has 0 fully saturated rings. The van der Waals surface area contributed by atoms with Crippen LogP contribution >= 0.6 is 23.6 Å². The summed E-state index contributed by atoms with van der Waals surface area (Å²) >= 11 is 6.87. The molecule has 2 heterocycles. The van der Waals surface area contributed by atoms with E-state index in [1.54, 1.807) is 23.5 Å². The van der Waals surface area contributed by atoms with E-state index in [0.717, 1.165) is 16.3 Å².